The first-order chi connectivity index (χ1) is 13.0. The largest absolute Gasteiger partial charge is 0.493 e. The number of benzene rings is 2. The van der Waals surface area contributed by atoms with E-state index < -0.39 is 11.7 Å². The van der Waals surface area contributed by atoms with Crippen molar-refractivity contribution in [3.8, 4) is 22.8 Å². The molecule has 138 valence electrons. The Morgan fingerprint density at radius 1 is 1.19 bits per heavy atom. The highest BCUT2D eigenvalue weighted by Gasteiger charge is 2.31. The van der Waals surface area contributed by atoms with Gasteiger partial charge in [-0.1, -0.05) is 12.1 Å². The lowest BCUT2D eigenvalue weighted by molar-refractivity contribution is 0.102. The Balaban J connectivity index is 1.74. The summed E-state index contributed by atoms with van der Waals surface area (Å²) in [4.78, 5) is 12.7. The number of carbonyl (C=O) groups is 1. The molecule has 0 aliphatic heterocycles. The van der Waals surface area contributed by atoms with E-state index in [4.69, 9.17) is 9.47 Å². The summed E-state index contributed by atoms with van der Waals surface area (Å²) in [6.45, 7) is 0. The van der Waals surface area contributed by atoms with Gasteiger partial charge >= 0.3 is 0 Å². The Hall–Kier alpha value is -3.35. The smallest absolute Gasteiger partial charge is 0.276 e. The van der Waals surface area contributed by atoms with E-state index in [1.807, 2.05) is 12.1 Å². The minimum absolute atomic E-state index is 0.126. The van der Waals surface area contributed by atoms with Crippen molar-refractivity contribution in [2.75, 3.05) is 19.5 Å². The molecule has 0 saturated heterocycles. The van der Waals surface area contributed by atoms with Crippen LogP contribution in [0.3, 0.4) is 0 Å². The van der Waals surface area contributed by atoms with Gasteiger partial charge in [0.15, 0.2) is 17.2 Å². The molecule has 0 fully saturated rings. The molecule has 0 spiro atoms. The van der Waals surface area contributed by atoms with Gasteiger partial charge in [0.1, 0.15) is 5.82 Å². The fourth-order valence-corrected chi connectivity index (χ4v) is 3.48. The SMILES string of the molecule is COc1cc2c(cc1OC)-c1c(c(C(=O)Nc3ccccc3F)nn1C)C2. The molecule has 1 aliphatic rings. The van der Waals surface area contributed by atoms with Crippen LogP contribution in [-0.2, 0) is 13.5 Å². The summed E-state index contributed by atoms with van der Waals surface area (Å²) >= 11 is 0. The summed E-state index contributed by atoms with van der Waals surface area (Å²) in [6, 6.07) is 9.84. The maximum absolute atomic E-state index is 13.9. The van der Waals surface area contributed by atoms with Crippen LogP contribution in [0.15, 0.2) is 36.4 Å². The number of hydrogen-bond acceptors (Lipinski definition) is 4. The van der Waals surface area contributed by atoms with Gasteiger partial charge < -0.3 is 14.8 Å². The number of halogens is 1. The number of fused-ring (bicyclic) bond motifs is 3. The van der Waals surface area contributed by atoms with Crippen LogP contribution in [0.5, 0.6) is 11.5 Å². The van der Waals surface area contributed by atoms with Crippen LogP contribution < -0.4 is 14.8 Å². The van der Waals surface area contributed by atoms with Crippen molar-refractivity contribution in [2.45, 2.75) is 6.42 Å². The Labute approximate surface area is 155 Å². The normalized spacial score (nSPS) is 11.7. The van der Waals surface area contributed by atoms with Crippen LogP contribution in [0.25, 0.3) is 11.3 Å². The first kappa shape index (κ1) is 17.1. The quantitative estimate of drug-likeness (QED) is 0.600. The number of aryl methyl sites for hydroxylation is 1. The van der Waals surface area contributed by atoms with Crippen molar-refractivity contribution >= 4 is 11.6 Å². The number of nitrogens with zero attached hydrogens (tertiary/aromatic N) is 2. The molecular formula is C20H18FN3O3. The summed E-state index contributed by atoms with van der Waals surface area (Å²) in [5.74, 6) is 0.317. The molecule has 2 aromatic carbocycles. The Kier molecular flexibility index (Phi) is 4.07. The second kappa shape index (κ2) is 6.42. The van der Waals surface area contributed by atoms with Crippen molar-refractivity contribution in [3.63, 3.8) is 0 Å². The van der Waals surface area contributed by atoms with E-state index in [1.54, 1.807) is 38.1 Å². The van der Waals surface area contributed by atoms with Gasteiger partial charge in [0, 0.05) is 24.6 Å². The molecule has 6 nitrogen and oxygen atoms in total. The lowest BCUT2D eigenvalue weighted by atomic mass is 10.1. The van der Waals surface area contributed by atoms with E-state index in [-0.39, 0.29) is 11.4 Å². The maximum atomic E-state index is 13.9. The van der Waals surface area contributed by atoms with Gasteiger partial charge in [-0.25, -0.2) is 4.39 Å². The lowest BCUT2D eigenvalue weighted by Crippen LogP contribution is -2.15. The lowest BCUT2D eigenvalue weighted by Gasteiger charge is -2.11. The average Bonchev–Trinajstić information content (AvgIpc) is 3.19. The van der Waals surface area contributed by atoms with Crippen LogP contribution in [0.4, 0.5) is 10.1 Å². The predicted octanol–water partition coefficient (Wildman–Crippen LogP) is 3.40. The second-order valence-electron chi connectivity index (χ2n) is 6.27. The van der Waals surface area contributed by atoms with Crippen LogP contribution in [0.2, 0.25) is 0 Å². The van der Waals surface area contributed by atoms with Crippen molar-refractivity contribution in [2.24, 2.45) is 7.05 Å². The highest BCUT2D eigenvalue weighted by atomic mass is 19.1. The molecule has 0 saturated carbocycles. The van der Waals surface area contributed by atoms with E-state index >= 15 is 0 Å². The van der Waals surface area contributed by atoms with Gasteiger partial charge in [-0.05, 0) is 29.8 Å². The number of carbonyl (C=O) groups excluding carboxylic acids is 1. The first-order valence-electron chi connectivity index (χ1n) is 8.40. The molecule has 0 atom stereocenters. The van der Waals surface area contributed by atoms with Crippen molar-refractivity contribution < 1.29 is 18.7 Å². The average molecular weight is 367 g/mol. The summed E-state index contributed by atoms with van der Waals surface area (Å²) in [6.07, 6.45) is 0.541. The summed E-state index contributed by atoms with van der Waals surface area (Å²) < 4.78 is 26.3. The molecule has 1 aliphatic carbocycles. The van der Waals surface area contributed by atoms with Crippen LogP contribution in [0, 0.1) is 5.82 Å². The predicted molar refractivity (Wildman–Crippen MR) is 98.9 cm³/mol. The number of nitrogens with one attached hydrogen (secondary N) is 1. The first-order valence-corrected chi connectivity index (χ1v) is 8.40. The molecule has 0 radical (unpaired) electrons. The van der Waals surface area contributed by atoms with Crippen molar-refractivity contribution in [3.05, 3.63) is 59.0 Å². The molecule has 0 unspecified atom stereocenters. The number of anilines is 1. The number of para-hydroxylation sites is 1. The monoisotopic (exact) mass is 367 g/mol. The Bertz CT molecular complexity index is 1060. The van der Waals surface area contributed by atoms with Gasteiger partial charge in [0.2, 0.25) is 0 Å². The summed E-state index contributed by atoms with van der Waals surface area (Å²) in [5, 5.41) is 6.97. The summed E-state index contributed by atoms with van der Waals surface area (Å²) in [7, 11) is 4.95. The van der Waals surface area contributed by atoms with E-state index in [1.165, 1.54) is 12.1 Å². The maximum Gasteiger partial charge on any atom is 0.276 e. The number of methoxy groups -OCH3 is 2. The number of aromatic nitrogens is 2. The van der Waals surface area contributed by atoms with Gasteiger partial charge in [0.25, 0.3) is 5.91 Å². The van der Waals surface area contributed by atoms with Gasteiger partial charge in [0.05, 0.1) is 25.6 Å². The highest BCUT2D eigenvalue weighted by molar-refractivity contribution is 6.05. The van der Waals surface area contributed by atoms with Gasteiger partial charge in [-0.15, -0.1) is 0 Å². The van der Waals surface area contributed by atoms with Gasteiger partial charge in [-0.3, -0.25) is 9.48 Å². The van der Waals surface area contributed by atoms with Crippen LogP contribution in [-0.4, -0.2) is 29.9 Å². The fraction of sp³-hybridized carbons (Fsp3) is 0.200. The van der Waals surface area contributed by atoms with Gasteiger partial charge in [-0.2, -0.15) is 5.10 Å². The standard InChI is InChI=1S/C20H18FN3O3/c1-24-19-12-10-17(27-3)16(26-2)9-11(12)8-13(19)18(23-24)20(25)22-15-7-5-4-6-14(15)21/h4-7,9-10H,8H2,1-3H3,(H,22,25). The third-order valence-electron chi connectivity index (χ3n) is 4.71. The molecular weight excluding hydrogens is 349 g/mol. The number of rotatable bonds is 4. The minimum Gasteiger partial charge on any atom is -0.493 e. The molecule has 4 rings (SSSR count). The highest BCUT2D eigenvalue weighted by Crippen LogP contribution is 2.43. The zero-order valence-electron chi connectivity index (χ0n) is 15.2. The Morgan fingerprint density at radius 2 is 1.89 bits per heavy atom. The minimum atomic E-state index is -0.490. The second-order valence-corrected chi connectivity index (χ2v) is 6.27. The third kappa shape index (κ3) is 2.71. The number of hydrogen-bond donors (Lipinski definition) is 1. The molecule has 1 N–H and O–H groups in total. The van der Waals surface area contributed by atoms with E-state index in [0.717, 1.165) is 22.4 Å². The number of ether oxygens (including phenoxy) is 2. The Morgan fingerprint density at radius 3 is 2.59 bits per heavy atom. The molecule has 1 heterocycles. The zero-order valence-corrected chi connectivity index (χ0v) is 15.2. The van der Waals surface area contributed by atoms with Crippen LogP contribution in [0.1, 0.15) is 21.6 Å². The van der Waals surface area contributed by atoms with E-state index in [0.29, 0.717) is 17.9 Å². The number of amides is 1. The molecule has 3 aromatic rings. The van der Waals surface area contributed by atoms with Crippen LogP contribution >= 0.6 is 0 Å². The molecule has 1 amide bonds. The fourth-order valence-electron chi connectivity index (χ4n) is 3.48. The topological polar surface area (TPSA) is 65.4 Å². The van der Waals surface area contributed by atoms with Crippen molar-refractivity contribution in [1.82, 2.24) is 9.78 Å². The molecule has 0 bridgehead atoms. The summed E-state index contributed by atoms with van der Waals surface area (Å²) in [5.41, 5.74) is 4.03. The zero-order chi connectivity index (χ0) is 19.1. The van der Waals surface area contributed by atoms with E-state index in [2.05, 4.69) is 10.4 Å². The molecule has 27 heavy (non-hydrogen) atoms. The van der Waals surface area contributed by atoms with Crippen molar-refractivity contribution in [1.29, 1.82) is 0 Å². The van der Waals surface area contributed by atoms with E-state index in [9.17, 15) is 9.18 Å². The molecule has 1 aromatic heterocycles. The molecule has 7 heteroatoms. The third-order valence-corrected chi connectivity index (χ3v) is 4.71.